The molecule has 4 heteroatoms. The molecule has 146 valence electrons. The molecule has 30 heavy (non-hydrogen) atoms. The van der Waals surface area contributed by atoms with Crippen LogP contribution in [-0.2, 0) is 0 Å². The number of fused-ring (bicyclic) bond motifs is 4. The molecule has 6 rings (SSSR count). The van der Waals surface area contributed by atoms with Crippen LogP contribution in [0.2, 0.25) is 0 Å². The standard InChI is InChI=1S/C26H20N2O2/c1-27-13-3-5-15-17-7-10-20-24-18(8-9-19(23(17)24)25(29)21(15)11-13)16-6-4-14(28-2)12-22(16)26(20)30/h3-12,17,23,27-28H,1-2H3. The lowest BCUT2D eigenvalue weighted by atomic mass is 9.59. The number of hydrogen-bond donors (Lipinski definition) is 2. The lowest BCUT2D eigenvalue weighted by Crippen LogP contribution is -2.35. The molecule has 0 fully saturated rings. The Hall–Kier alpha value is -3.66. The van der Waals surface area contributed by atoms with Crippen LogP contribution >= 0.6 is 0 Å². The summed E-state index contributed by atoms with van der Waals surface area (Å²) < 4.78 is 0. The van der Waals surface area contributed by atoms with E-state index >= 15 is 0 Å². The molecular weight excluding hydrogens is 372 g/mol. The van der Waals surface area contributed by atoms with Gasteiger partial charge in [-0.25, -0.2) is 0 Å². The second kappa shape index (κ2) is 5.92. The van der Waals surface area contributed by atoms with Gasteiger partial charge in [0, 0.05) is 59.6 Å². The van der Waals surface area contributed by atoms with Gasteiger partial charge in [-0.2, -0.15) is 0 Å². The minimum Gasteiger partial charge on any atom is -0.388 e. The highest BCUT2D eigenvalue weighted by Crippen LogP contribution is 2.55. The summed E-state index contributed by atoms with van der Waals surface area (Å²) in [6, 6.07) is 11.9. The number of rotatable bonds is 2. The summed E-state index contributed by atoms with van der Waals surface area (Å²) in [7, 11) is 3.71. The molecule has 0 amide bonds. The van der Waals surface area contributed by atoms with Gasteiger partial charge in [0.15, 0.2) is 11.6 Å². The Bertz CT molecular complexity index is 1310. The first kappa shape index (κ1) is 17.2. The third kappa shape index (κ3) is 2.05. The molecule has 2 N–H and O–H groups in total. The third-order valence-corrected chi connectivity index (χ3v) is 6.78. The van der Waals surface area contributed by atoms with Gasteiger partial charge >= 0.3 is 0 Å². The predicted molar refractivity (Wildman–Crippen MR) is 119 cm³/mol. The molecule has 2 aromatic carbocycles. The summed E-state index contributed by atoms with van der Waals surface area (Å²) in [4.78, 5) is 26.8. The van der Waals surface area contributed by atoms with Crippen molar-refractivity contribution in [2.45, 2.75) is 5.92 Å². The number of allylic oxidation sites excluding steroid dienone is 8. The van der Waals surface area contributed by atoms with Crippen molar-refractivity contribution in [3.8, 4) is 0 Å². The van der Waals surface area contributed by atoms with Gasteiger partial charge in [0.05, 0.1) is 0 Å². The van der Waals surface area contributed by atoms with Gasteiger partial charge in [-0.05, 0) is 46.5 Å². The van der Waals surface area contributed by atoms with Gasteiger partial charge in [-0.3, -0.25) is 9.59 Å². The van der Waals surface area contributed by atoms with Crippen molar-refractivity contribution in [1.82, 2.24) is 0 Å². The Morgan fingerprint density at radius 2 is 1.53 bits per heavy atom. The lowest BCUT2D eigenvalue weighted by Gasteiger charge is -2.42. The second-order valence-electron chi connectivity index (χ2n) is 8.11. The molecule has 0 saturated heterocycles. The Labute approximate surface area is 174 Å². The van der Waals surface area contributed by atoms with Crippen LogP contribution in [0.25, 0.3) is 5.57 Å². The molecule has 0 heterocycles. The highest BCUT2D eigenvalue weighted by Gasteiger charge is 2.46. The van der Waals surface area contributed by atoms with E-state index in [-0.39, 0.29) is 23.4 Å². The molecule has 4 aliphatic carbocycles. The van der Waals surface area contributed by atoms with Gasteiger partial charge in [-0.1, -0.05) is 36.4 Å². The van der Waals surface area contributed by atoms with E-state index in [2.05, 4.69) is 16.7 Å². The van der Waals surface area contributed by atoms with E-state index in [0.717, 1.165) is 50.4 Å². The highest BCUT2D eigenvalue weighted by atomic mass is 16.1. The summed E-state index contributed by atoms with van der Waals surface area (Å²) in [6.07, 6.45) is 8.06. The molecular formula is C26H20N2O2. The van der Waals surface area contributed by atoms with Gasteiger partial charge in [0.1, 0.15) is 0 Å². The first-order valence-corrected chi connectivity index (χ1v) is 10.2. The quantitative estimate of drug-likeness (QED) is 0.774. The number of carbonyl (C=O) groups excluding carboxylic acids is 2. The van der Waals surface area contributed by atoms with Crippen LogP contribution < -0.4 is 10.6 Å². The number of benzene rings is 2. The first-order valence-electron chi connectivity index (χ1n) is 10.2. The SMILES string of the molecule is CNc1ccc2c(c1)C(=O)C1=C3C2=CC=C2C(=O)c4cc(NC)ccc4C(C=C1)C23. The molecule has 2 aromatic rings. The fourth-order valence-corrected chi connectivity index (χ4v) is 5.33. The fourth-order valence-electron chi connectivity index (χ4n) is 5.33. The van der Waals surface area contributed by atoms with Crippen molar-refractivity contribution >= 4 is 28.5 Å². The Morgan fingerprint density at radius 3 is 2.30 bits per heavy atom. The van der Waals surface area contributed by atoms with Crippen molar-refractivity contribution in [3.63, 3.8) is 0 Å². The molecule has 0 spiro atoms. The van der Waals surface area contributed by atoms with Crippen molar-refractivity contribution in [2.75, 3.05) is 24.7 Å². The van der Waals surface area contributed by atoms with E-state index in [0.29, 0.717) is 5.56 Å². The molecule has 0 saturated carbocycles. The summed E-state index contributed by atoms with van der Waals surface area (Å²) in [5, 5.41) is 6.24. The zero-order valence-corrected chi connectivity index (χ0v) is 16.7. The van der Waals surface area contributed by atoms with E-state index < -0.39 is 0 Å². The average molecular weight is 392 g/mol. The average Bonchev–Trinajstić information content (AvgIpc) is 2.80. The smallest absolute Gasteiger partial charge is 0.194 e. The topological polar surface area (TPSA) is 58.2 Å². The number of carbonyl (C=O) groups is 2. The summed E-state index contributed by atoms with van der Waals surface area (Å²) >= 11 is 0. The van der Waals surface area contributed by atoms with E-state index in [1.165, 1.54) is 0 Å². The maximum Gasteiger partial charge on any atom is 0.194 e. The molecule has 2 unspecified atom stereocenters. The van der Waals surface area contributed by atoms with Crippen molar-refractivity contribution in [1.29, 1.82) is 0 Å². The summed E-state index contributed by atoms with van der Waals surface area (Å²) in [6.45, 7) is 0. The third-order valence-electron chi connectivity index (χ3n) is 6.78. The Morgan fingerprint density at radius 1 is 0.800 bits per heavy atom. The molecule has 0 radical (unpaired) electrons. The van der Waals surface area contributed by atoms with Crippen LogP contribution in [0, 0.1) is 5.92 Å². The fraction of sp³-hybridized carbons (Fsp3) is 0.154. The largest absolute Gasteiger partial charge is 0.388 e. The Kier molecular flexibility index (Phi) is 3.40. The second-order valence-corrected chi connectivity index (χ2v) is 8.11. The minimum atomic E-state index is -0.105. The van der Waals surface area contributed by atoms with Crippen LogP contribution in [0.3, 0.4) is 0 Å². The minimum absolute atomic E-state index is 0.0361. The molecule has 0 bridgehead atoms. The monoisotopic (exact) mass is 392 g/mol. The van der Waals surface area contributed by atoms with Gasteiger partial charge in [-0.15, -0.1) is 0 Å². The van der Waals surface area contributed by atoms with E-state index in [1.807, 2.05) is 68.7 Å². The van der Waals surface area contributed by atoms with Gasteiger partial charge in [0.2, 0.25) is 0 Å². The Balaban J connectivity index is 1.60. The van der Waals surface area contributed by atoms with Gasteiger partial charge in [0.25, 0.3) is 0 Å². The number of ketones is 2. The zero-order chi connectivity index (χ0) is 20.6. The number of nitrogens with one attached hydrogen (secondary N) is 2. The summed E-state index contributed by atoms with van der Waals surface area (Å²) in [5.41, 5.74) is 8.86. The number of hydrogen-bond acceptors (Lipinski definition) is 4. The van der Waals surface area contributed by atoms with E-state index in [1.54, 1.807) is 0 Å². The van der Waals surface area contributed by atoms with E-state index in [9.17, 15) is 9.59 Å². The normalized spacial score (nSPS) is 22.6. The first-order chi connectivity index (χ1) is 14.6. The maximum absolute atomic E-state index is 13.4. The molecule has 0 aromatic heterocycles. The van der Waals surface area contributed by atoms with Crippen LogP contribution in [0.1, 0.15) is 37.8 Å². The predicted octanol–water partition coefficient (Wildman–Crippen LogP) is 4.75. The molecule has 4 aliphatic rings. The molecule has 0 aliphatic heterocycles. The van der Waals surface area contributed by atoms with Crippen molar-refractivity contribution in [3.05, 3.63) is 99.7 Å². The van der Waals surface area contributed by atoms with Crippen molar-refractivity contribution < 1.29 is 9.59 Å². The number of Topliss-reactive ketones (excluding diaryl/α,β-unsaturated/α-hetero) is 2. The molecule has 4 nitrogen and oxygen atoms in total. The lowest BCUT2D eigenvalue weighted by molar-refractivity contribution is 0.100. The van der Waals surface area contributed by atoms with Crippen LogP contribution in [0.4, 0.5) is 11.4 Å². The maximum atomic E-state index is 13.4. The highest BCUT2D eigenvalue weighted by molar-refractivity contribution is 6.22. The van der Waals surface area contributed by atoms with Crippen molar-refractivity contribution in [2.24, 2.45) is 5.92 Å². The number of anilines is 2. The van der Waals surface area contributed by atoms with E-state index in [4.69, 9.17) is 0 Å². The van der Waals surface area contributed by atoms with Crippen LogP contribution in [0.5, 0.6) is 0 Å². The summed E-state index contributed by atoms with van der Waals surface area (Å²) in [5.74, 6) is 0.0494. The van der Waals surface area contributed by atoms with Crippen LogP contribution in [-0.4, -0.2) is 25.7 Å². The zero-order valence-electron chi connectivity index (χ0n) is 16.7. The molecule has 2 atom stereocenters. The van der Waals surface area contributed by atoms with Crippen LogP contribution in [0.15, 0.2) is 77.4 Å². The van der Waals surface area contributed by atoms with Gasteiger partial charge < -0.3 is 10.6 Å².